The Morgan fingerprint density at radius 3 is 2.26 bits per heavy atom. The van der Waals surface area contributed by atoms with E-state index in [1.165, 1.54) is 44.3 Å². The van der Waals surface area contributed by atoms with Gasteiger partial charge in [-0.15, -0.1) is 0 Å². The van der Waals surface area contributed by atoms with E-state index >= 15 is 0 Å². The van der Waals surface area contributed by atoms with E-state index in [1.54, 1.807) is 18.2 Å². The summed E-state index contributed by atoms with van der Waals surface area (Å²) in [6, 6.07) is 8.05. The minimum Gasteiger partial charge on any atom is -0.790 e. The standard InChI is InChI=1S/C34H47F3OS3.Li/c1-5-28(23-25(2)13-11-9-7-6-8-10-12-21-41-22-19-38-18-20-39)27(4)32-26(3)14-15-29-16-17-30(40)24-31(33(29)32)34(35,36)37;/h14-17,24,39H,2,5-13,18-23H2,1,3-4H3;/q;+1/p-1/b28-27-;. The number of allylic oxidation sites excluding steroid dienone is 3. The Kier molecular flexibility index (Phi) is 19.8. The molecule has 0 aliphatic carbocycles. The molecule has 228 valence electrons. The summed E-state index contributed by atoms with van der Waals surface area (Å²) in [6.07, 6.45) is 6.59. The third-order valence-electron chi connectivity index (χ3n) is 7.45. The second kappa shape index (κ2) is 21.1. The molecule has 1 nitrogen and oxygen atoms in total. The predicted molar refractivity (Wildman–Crippen MR) is 178 cm³/mol. The molecular formula is C34H46F3LiOS3. The molecule has 0 heterocycles. The number of fused-ring (bicyclic) bond motifs is 1. The van der Waals surface area contributed by atoms with Crippen molar-refractivity contribution >= 4 is 53.0 Å². The number of aryl methyl sites for hydroxylation is 1. The zero-order valence-electron chi connectivity index (χ0n) is 26.0. The average molecular weight is 631 g/mol. The summed E-state index contributed by atoms with van der Waals surface area (Å²) >= 11 is 12.0. The first kappa shape index (κ1) is 39.3. The zero-order valence-corrected chi connectivity index (χ0v) is 28.4. The largest absolute Gasteiger partial charge is 1.00 e. The van der Waals surface area contributed by atoms with Gasteiger partial charge < -0.3 is 17.4 Å². The van der Waals surface area contributed by atoms with E-state index in [4.69, 9.17) is 29.6 Å². The molecule has 0 saturated heterocycles. The fraction of sp³-hybridized carbons (Fsp3) is 0.559. The van der Waals surface area contributed by atoms with Gasteiger partial charge in [0.15, 0.2) is 0 Å². The fourth-order valence-corrected chi connectivity index (χ4v) is 6.38. The van der Waals surface area contributed by atoms with Crippen molar-refractivity contribution in [1.29, 1.82) is 0 Å². The van der Waals surface area contributed by atoms with Crippen LogP contribution in [0.4, 0.5) is 13.2 Å². The van der Waals surface area contributed by atoms with E-state index in [-0.39, 0.29) is 28.8 Å². The monoisotopic (exact) mass is 630 g/mol. The van der Waals surface area contributed by atoms with Gasteiger partial charge >= 0.3 is 25.0 Å². The average Bonchev–Trinajstić information content (AvgIpc) is 3.10. The Balaban J connectivity index is 0.00000882. The number of halogens is 3. The van der Waals surface area contributed by atoms with Gasteiger partial charge in [-0.25, -0.2) is 0 Å². The van der Waals surface area contributed by atoms with Gasteiger partial charge in [0.1, 0.15) is 0 Å². The zero-order chi connectivity index (χ0) is 30.3. The minimum absolute atomic E-state index is 0. The third kappa shape index (κ3) is 13.5. The number of rotatable bonds is 19. The molecule has 2 rings (SSSR count). The van der Waals surface area contributed by atoms with Crippen molar-refractivity contribution in [2.45, 2.75) is 91.2 Å². The van der Waals surface area contributed by atoms with Crippen LogP contribution in [-0.2, 0) is 23.5 Å². The van der Waals surface area contributed by atoms with Gasteiger partial charge in [0.25, 0.3) is 0 Å². The smallest absolute Gasteiger partial charge is 0.790 e. The van der Waals surface area contributed by atoms with E-state index in [1.807, 2.05) is 31.7 Å². The number of benzene rings is 1. The van der Waals surface area contributed by atoms with Crippen LogP contribution in [0.2, 0.25) is 0 Å². The molecule has 8 heteroatoms. The summed E-state index contributed by atoms with van der Waals surface area (Å²) in [5, 5.41) is 0.786. The maximum Gasteiger partial charge on any atom is 1.00 e. The number of ether oxygens (including phenoxy) is 1. The Labute approximate surface area is 279 Å². The number of alkyl halides is 3. The Morgan fingerprint density at radius 1 is 0.976 bits per heavy atom. The Morgan fingerprint density at radius 2 is 1.62 bits per heavy atom. The molecule has 0 radical (unpaired) electrons. The first-order valence-electron chi connectivity index (χ1n) is 14.8. The first-order valence-corrected chi connectivity index (χ1v) is 17.0. The van der Waals surface area contributed by atoms with Crippen LogP contribution in [0.1, 0.15) is 94.7 Å². The molecule has 0 atom stereocenters. The van der Waals surface area contributed by atoms with Gasteiger partial charge in [0.2, 0.25) is 0 Å². The van der Waals surface area contributed by atoms with Gasteiger partial charge in [-0.3, -0.25) is 0 Å². The van der Waals surface area contributed by atoms with Crippen LogP contribution in [0.5, 0.6) is 0 Å². The van der Waals surface area contributed by atoms with Crippen molar-refractivity contribution in [3.05, 3.63) is 69.3 Å². The Hall–Kier alpha value is -0.683. The summed E-state index contributed by atoms with van der Waals surface area (Å²) in [5.74, 6) is 2.93. The summed E-state index contributed by atoms with van der Waals surface area (Å²) in [7, 11) is 0. The predicted octanol–water partition coefficient (Wildman–Crippen LogP) is 8.45. The van der Waals surface area contributed by atoms with Crippen LogP contribution in [-0.4, -0.2) is 30.5 Å². The molecule has 0 aliphatic heterocycles. The molecule has 0 amide bonds. The molecule has 0 spiro atoms. The Bertz CT molecular complexity index is 1210. The van der Waals surface area contributed by atoms with E-state index in [2.05, 4.69) is 13.5 Å². The molecule has 42 heavy (non-hydrogen) atoms. The van der Waals surface area contributed by atoms with Gasteiger partial charge in [-0.2, -0.15) is 30.7 Å². The molecule has 0 fully saturated rings. The van der Waals surface area contributed by atoms with Crippen LogP contribution < -0.4 is 18.9 Å². The van der Waals surface area contributed by atoms with Crippen molar-refractivity contribution in [3.8, 4) is 0 Å². The molecule has 0 unspecified atom stereocenters. The number of unbranched alkanes of at least 4 members (excludes halogenated alkanes) is 6. The SMILES string of the molecule is C=C(CCCCCCCCCSCCOCC[S-])C/C(CC)=C(/C)c1c(C)ccc2ccc(=S)cc(C(F)(F)F)c12.[Li+]. The van der Waals surface area contributed by atoms with Gasteiger partial charge in [-0.1, -0.05) is 87.2 Å². The number of hydrogen-bond acceptors (Lipinski definition) is 4. The molecule has 0 aliphatic rings. The number of hydrogen-bond donors (Lipinski definition) is 0. The first-order chi connectivity index (χ1) is 19.6. The molecule has 2 aromatic carbocycles. The summed E-state index contributed by atoms with van der Waals surface area (Å²) in [5.41, 5.74) is 4.06. The van der Waals surface area contributed by atoms with Crippen molar-refractivity contribution < 1.29 is 36.8 Å². The quantitative estimate of drug-likeness (QED) is 0.0506. The summed E-state index contributed by atoms with van der Waals surface area (Å²) < 4.78 is 48.2. The maximum absolute atomic E-state index is 14.2. The van der Waals surface area contributed by atoms with Crippen LogP contribution in [0.3, 0.4) is 0 Å². The second-order valence-electron chi connectivity index (χ2n) is 10.7. The van der Waals surface area contributed by atoms with E-state index in [0.717, 1.165) is 66.4 Å². The van der Waals surface area contributed by atoms with Gasteiger partial charge in [-0.05, 0) is 85.9 Å². The summed E-state index contributed by atoms with van der Waals surface area (Å²) in [4.78, 5) is 0. The molecule has 0 saturated carbocycles. The van der Waals surface area contributed by atoms with E-state index < -0.39 is 11.7 Å². The molecular weight excluding hydrogens is 585 g/mol. The second-order valence-corrected chi connectivity index (χ2v) is 12.8. The molecule has 2 aromatic rings. The minimum atomic E-state index is -4.50. The maximum atomic E-state index is 14.2. The van der Waals surface area contributed by atoms with Crippen LogP contribution in [0, 0.1) is 11.4 Å². The molecule has 0 bridgehead atoms. The fourth-order valence-electron chi connectivity index (χ4n) is 5.23. The van der Waals surface area contributed by atoms with Gasteiger partial charge in [0, 0.05) is 22.3 Å². The molecule has 0 aromatic heterocycles. The van der Waals surface area contributed by atoms with Gasteiger partial charge in [0.05, 0.1) is 12.2 Å². The van der Waals surface area contributed by atoms with Crippen LogP contribution in [0.25, 0.3) is 16.3 Å². The van der Waals surface area contributed by atoms with Crippen LogP contribution >= 0.6 is 24.0 Å². The van der Waals surface area contributed by atoms with Crippen molar-refractivity contribution in [3.63, 3.8) is 0 Å². The van der Waals surface area contributed by atoms with Crippen molar-refractivity contribution in [2.75, 3.05) is 30.5 Å². The number of thioether (sulfide) groups is 1. The van der Waals surface area contributed by atoms with E-state index in [9.17, 15) is 13.2 Å². The third-order valence-corrected chi connectivity index (χ3v) is 8.90. The summed E-state index contributed by atoms with van der Waals surface area (Å²) in [6.45, 7) is 11.8. The van der Waals surface area contributed by atoms with Crippen molar-refractivity contribution in [2.24, 2.45) is 0 Å². The topological polar surface area (TPSA) is 9.23 Å². The van der Waals surface area contributed by atoms with E-state index in [0.29, 0.717) is 23.3 Å². The normalized spacial score (nSPS) is 12.3. The van der Waals surface area contributed by atoms with Crippen molar-refractivity contribution in [1.82, 2.24) is 0 Å². The molecule has 0 N–H and O–H groups in total. The van der Waals surface area contributed by atoms with Crippen LogP contribution in [0.15, 0.2) is 48.1 Å².